The van der Waals surface area contributed by atoms with E-state index in [4.69, 9.17) is 0 Å². The van der Waals surface area contributed by atoms with Crippen LogP contribution in [0.15, 0.2) is 30.3 Å². The highest BCUT2D eigenvalue weighted by atomic mass is 19.4. The van der Waals surface area contributed by atoms with Crippen LogP contribution in [-0.4, -0.2) is 23.9 Å². The fraction of sp³-hybridized carbons (Fsp3) is 0.273. The van der Waals surface area contributed by atoms with Crippen LogP contribution in [0, 0.1) is 0 Å². The molecule has 0 atom stereocenters. The Morgan fingerprint density at radius 3 is 1.47 bits per heavy atom. The number of carbonyl (C=O) groups is 2. The Morgan fingerprint density at radius 1 is 0.789 bits per heavy atom. The van der Waals surface area contributed by atoms with Gasteiger partial charge in [-0.25, -0.2) is 0 Å². The predicted octanol–water partition coefficient (Wildman–Crippen LogP) is 3.03. The molecule has 0 N–H and O–H groups in total. The van der Waals surface area contributed by atoms with Crippen LogP contribution in [0.4, 0.5) is 26.3 Å². The summed E-state index contributed by atoms with van der Waals surface area (Å²) in [6.07, 6.45) is -11.1. The zero-order chi connectivity index (χ0) is 14.8. The van der Waals surface area contributed by atoms with Crippen molar-refractivity contribution in [1.82, 2.24) is 0 Å². The number of hydrogen-bond acceptors (Lipinski definition) is 2. The Balaban J connectivity index is 3.28. The molecule has 2 nitrogen and oxygen atoms in total. The Bertz CT molecular complexity index is 448. The van der Waals surface area contributed by atoms with E-state index in [1.54, 1.807) is 0 Å². The molecule has 0 saturated carbocycles. The molecule has 8 heteroatoms. The molecule has 0 radical (unpaired) electrons. The summed E-state index contributed by atoms with van der Waals surface area (Å²) < 4.78 is 73.6. The molecule has 0 aliphatic heterocycles. The minimum absolute atomic E-state index is 0.646. The first-order valence-electron chi connectivity index (χ1n) is 4.82. The van der Waals surface area contributed by atoms with Gasteiger partial charge in [0, 0.05) is 0 Å². The lowest BCUT2D eigenvalue weighted by Gasteiger charge is -2.18. The number of carbonyl (C=O) groups excluding carboxylic acids is 2. The van der Waals surface area contributed by atoms with Crippen LogP contribution < -0.4 is 0 Å². The lowest BCUT2D eigenvalue weighted by atomic mass is 9.90. The summed E-state index contributed by atoms with van der Waals surface area (Å²) in [7, 11) is 0. The van der Waals surface area contributed by atoms with Crippen molar-refractivity contribution in [2.75, 3.05) is 0 Å². The third kappa shape index (κ3) is 3.55. The van der Waals surface area contributed by atoms with Crippen LogP contribution in [0.5, 0.6) is 0 Å². The molecule has 1 rings (SSSR count). The van der Waals surface area contributed by atoms with Crippen LogP contribution >= 0.6 is 0 Å². The van der Waals surface area contributed by atoms with Crippen LogP contribution in [0.1, 0.15) is 11.5 Å². The minimum atomic E-state index is -5.53. The van der Waals surface area contributed by atoms with Crippen molar-refractivity contribution >= 4 is 11.6 Å². The van der Waals surface area contributed by atoms with E-state index in [-0.39, 0.29) is 0 Å². The number of hydrogen-bond donors (Lipinski definition) is 0. The van der Waals surface area contributed by atoms with Gasteiger partial charge in [-0.05, 0) is 5.56 Å². The molecule has 19 heavy (non-hydrogen) atoms. The van der Waals surface area contributed by atoms with Crippen LogP contribution in [0.25, 0.3) is 0 Å². The van der Waals surface area contributed by atoms with E-state index in [0.717, 1.165) is 24.3 Å². The third-order valence-electron chi connectivity index (χ3n) is 2.22. The molecule has 0 aliphatic rings. The molecular formula is C11H6F6O2. The van der Waals surface area contributed by atoms with Gasteiger partial charge in [-0.3, -0.25) is 9.59 Å². The average molecular weight is 284 g/mol. The molecule has 0 amide bonds. The molecule has 0 bridgehead atoms. The van der Waals surface area contributed by atoms with Gasteiger partial charge in [0.2, 0.25) is 0 Å². The first-order valence-corrected chi connectivity index (χ1v) is 4.82. The second kappa shape index (κ2) is 5.02. The van der Waals surface area contributed by atoms with Crippen molar-refractivity contribution in [3.63, 3.8) is 0 Å². The largest absolute Gasteiger partial charge is 0.451 e. The monoisotopic (exact) mass is 284 g/mol. The highest BCUT2D eigenvalue weighted by molar-refractivity contribution is 6.11. The van der Waals surface area contributed by atoms with E-state index in [1.165, 1.54) is 6.07 Å². The van der Waals surface area contributed by atoms with Gasteiger partial charge in [0.05, 0.1) is 0 Å². The van der Waals surface area contributed by atoms with Crippen molar-refractivity contribution < 1.29 is 35.9 Å². The van der Waals surface area contributed by atoms with Gasteiger partial charge in [0.25, 0.3) is 11.6 Å². The van der Waals surface area contributed by atoms with Gasteiger partial charge in [0.1, 0.15) is 5.92 Å². The van der Waals surface area contributed by atoms with E-state index < -0.39 is 35.4 Å². The number of benzene rings is 1. The molecule has 1 aromatic carbocycles. The molecule has 0 spiro atoms. The van der Waals surface area contributed by atoms with Crippen LogP contribution in [0.2, 0.25) is 0 Å². The van der Waals surface area contributed by atoms with Crippen LogP contribution in [-0.2, 0) is 9.59 Å². The lowest BCUT2D eigenvalue weighted by Crippen LogP contribution is -2.39. The molecule has 104 valence electrons. The summed E-state index contributed by atoms with van der Waals surface area (Å²) in [6, 6.07) is 5.32. The van der Waals surface area contributed by atoms with Crippen molar-refractivity contribution in [1.29, 1.82) is 0 Å². The third-order valence-corrected chi connectivity index (χ3v) is 2.22. The molecule has 0 fully saturated rings. The van der Waals surface area contributed by atoms with E-state index in [0.29, 0.717) is 0 Å². The quantitative estimate of drug-likeness (QED) is 0.631. The van der Waals surface area contributed by atoms with Crippen molar-refractivity contribution in [2.24, 2.45) is 0 Å². The second-order valence-corrected chi connectivity index (χ2v) is 3.57. The summed E-state index contributed by atoms with van der Waals surface area (Å²) in [5, 5.41) is 0. The highest BCUT2D eigenvalue weighted by Crippen LogP contribution is 2.33. The van der Waals surface area contributed by atoms with E-state index in [2.05, 4.69) is 0 Å². The topological polar surface area (TPSA) is 34.1 Å². The smallest absolute Gasteiger partial charge is 0.288 e. The number of ketones is 2. The molecule has 0 aliphatic carbocycles. The molecule has 0 heterocycles. The summed E-state index contributed by atoms with van der Waals surface area (Å²) in [4.78, 5) is 22.0. The number of Topliss-reactive ketones (excluding diaryl/α,β-unsaturated/α-hetero) is 2. The normalized spacial score (nSPS) is 12.6. The lowest BCUT2D eigenvalue weighted by molar-refractivity contribution is -0.185. The van der Waals surface area contributed by atoms with Crippen molar-refractivity contribution in [3.8, 4) is 0 Å². The maximum absolute atomic E-state index is 12.3. The van der Waals surface area contributed by atoms with E-state index >= 15 is 0 Å². The van der Waals surface area contributed by atoms with Gasteiger partial charge < -0.3 is 0 Å². The number of rotatable bonds is 3. The van der Waals surface area contributed by atoms with Gasteiger partial charge in [-0.1, -0.05) is 30.3 Å². The van der Waals surface area contributed by atoms with Gasteiger partial charge >= 0.3 is 12.4 Å². The first kappa shape index (κ1) is 15.2. The van der Waals surface area contributed by atoms with Crippen LogP contribution in [0.3, 0.4) is 0 Å². The Kier molecular flexibility index (Phi) is 4.02. The SMILES string of the molecule is O=C(C(C(=O)C(F)(F)F)c1ccccc1)C(F)(F)F. The molecule has 1 aromatic rings. The summed E-state index contributed by atoms with van der Waals surface area (Å²) in [6.45, 7) is 0. The minimum Gasteiger partial charge on any atom is -0.288 e. The average Bonchev–Trinajstić information content (AvgIpc) is 2.28. The summed E-state index contributed by atoms with van der Waals surface area (Å²) >= 11 is 0. The zero-order valence-corrected chi connectivity index (χ0v) is 9.05. The Morgan fingerprint density at radius 2 is 1.16 bits per heavy atom. The van der Waals surface area contributed by atoms with Gasteiger partial charge in [-0.15, -0.1) is 0 Å². The highest BCUT2D eigenvalue weighted by Gasteiger charge is 2.53. The summed E-state index contributed by atoms with van der Waals surface area (Å²) in [5.74, 6) is -8.39. The number of halogens is 6. The van der Waals surface area contributed by atoms with Gasteiger partial charge in [-0.2, -0.15) is 26.3 Å². The molecule has 0 aromatic heterocycles. The Labute approximate surface area is 103 Å². The van der Waals surface area contributed by atoms with Gasteiger partial charge in [0.15, 0.2) is 0 Å². The fourth-order valence-electron chi connectivity index (χ4n) is 1.39. The van der Waals surface area contributed by atoms with E-state index in [1.807, 2.05) is 0 Å². The second-order valence-electron chi connectivity index (χ2n) is 3.57. The standard InChI is InChI=1S/C11H6F6O2/c12-10(13,14)8(18)7(9(19)11(15,16)17)6-4-2-1-3-5-6/h1-5,7H. The fourth-order valence-corrected chi connectivity index (χ4v) is 1.39. The molecule has 0 unspecified atom stereocenters. The Hall–Kier alpha value is -1.86. The van der Waals surface area contributed by atoms with Crippen molar-refractivity contribution in [3.05, 3.63) is 35.9 Å². The van der Waals surface area contributed by atoms with Crippen molar-refractivity contribution in [2.45, 2.75) is 18.3 Å². The molecule has 0 saturated heterocycles. The maximum atomic E-state index is 12.3. The summed E-state index contributed by atoms with van der Waals surface area (Å²) in [5.41, 5.74) is -0.646. The first-order chi connectivity index (χ1) is 8.55. The predicted molar refractivity (Wildman–Crippen MR) is 51.3 cm³/mol. The van der Waals surface area contributed by atoms with E-state index in [9.17, 15) is 35.9 Å². The molecular weight excluding hydrogens is 278 g/mol. The number of alkyl halides is 6. The maximum Gasteiger partial charge on any atom is 0.451 e. The zero-order valence-electron chi connectivity index (χ0n) is 9.05.